The van der Waals surface area contributed by atoms with Crippen LogP contribution in [-0.4, -0.2) is 10.1 Å². The molecule has 0 bridgehead atoms. The molecule has 0 spiro atoms. The van der Waals surface area contributed by atoms with E-state index in [0.717, 1.165) is 16.6 Å². The maximum absolute atomic E-state index is 14.0. The lowest BCUT2D eigenvalue weighted by Crippen LogP contribution is -1.98. The van der Waals surface area contributed by atoms with E-state index >= 15 is 0 Å². The monoisotopic (exact) mass is 274 g/mol. The number of H-pyrrole nitrogens is 1. The van der Waals surface area contributed by atoms with Gasteiger partial charge in [0, 0.05) is 28.2 Å². The Balaban J connectivity index is 1.88. The molecule has 1 N–H and O–H groups in total. The second-order valence-electron chi connectivity index (χ2n) is 5.04. The van der Waals surface area contributed by atoms with Gasteiger partial charge >= 0.3 is 0 Å². The molecule has 0 aliphatic carbocycles. The summed E-state index contributed by atoms with van der Waals surface area (Å²) in [6, 6.07) is 6.86. The molecule has 2 heterocycles. The van der Waals surface area contributed by atoms with Crippen LogP contribution in [0.1, 0.15) is 31.0 Å². The number of hydrogen-bond acceptors (Lipinski definition) is 3. The van der Waals surface area contributed by atoms with Crippen molar-refractivity contribution in [3.63, 3.8) is 0 Å². The fourth-order valence-electron chi connectivity index (χ4n) is 2.07. The molecule has 0 amide bonds. The molecule has 0 atom stereocenters. The maximum atomic E-state index is 14.0. The zero-order chi connectivity index (χ0) is 14.1. The molecular formula is C15H15FN2O2. The Morgan fingerprint density at radius 3 is 2.90 bits per heavy atom. The molecule has 20 heavy (non-hydrogen) atoms. The van der Waals surface area contributed by atoms with Gasteiger partial charge in [-0.1, -0.05) is 13.8 Å². The van der Waals surface area contributed by atoms with Gasteiger partial charge in [-0.15, -0.1) is 0 Å². The molecule has 104 valence electrons. The average Bonchev–Trinajstić information content (AvgIpc) is 3.04. The van der Waals surface area contributed by atoms with Gasteiger partial charge in [-0.25, -0.2) is 4.39 Å². The first-order valence-corrected chi connectivity index (χ1v) is 6.47. The number of aromatic amines is 1. The van der Waals surface area contributed by atoms with E-state index in [2.05, 4.69) is 28.5 Å². The van der Waals surface area contributed by atoms with Gasteiger partial charge in [0.15, 0.2) is 0 Å². The van der Waals surface area contributed by atoms with Crippen molar-refractivity contribution in [2.75, 3.05) is 0 Å². The van der Waals surface area contributed by atoms with E-state index < -0.39 is 0 Å². The lowest BCUT2D eigenvalue weighted by molar-refractivity contribution is 0.265. The van der Waals surface area contributed by atoms with Gasteiger partial charge in [0.1, 0.15) is 18.7 Å². The molecule has 0 fully saturated rings. The smallest absolute Gasteiger partial charge is 0.254 e. The predicted molar refractivity (Wildman–Crippen MR) is 73.2 cm³/mol. The Labute approximate surface area is 115 Å². The normalized spacial score (nSPS) is 11.4. The first-order valence-electron chi connectivity index (χ1n) is 6.47. The summed E-state index contributed by atoms with van der Waals surface area (Å²) in [5.41, 5.74) is 2.49. The highest BCUT2D eigenvalue weighted by molar-refractivity contribution is 5.81. The summed E-state index contributed by atoms with van der Waals surface area (Å²) >= 11 is 0. The molecule has 0 saturated heterocycles. The Morgan fingerprint density at radius 2 is 2.20 bits per heavy atom. The highest BCUT2D eigenvalue weighted by atomic mass is 19.1. The topological polar surface area (TPSA) is 51.1 Å². The van der Waals surface area contributed by atoms with Crippen LogP contribution < -0.4 is 4.74 Å². The van der Waals surface area contributed by atoms with Crippen LogP contribution in [0.3, 0.4) is 0 Å². The van der Waals surface area contributed by atoms with Crippen LogP contribution in [0.5, 0.6) is 5.88 Å². The molecule has 1 aromatic carbocycles. The van der Waals surface area contributed by atoms with Gasteiger partial charge < -0.3 is 14.2 Å². The minimum absolute atomic E-state index is 0.115. The van der Waals surface area contributed by atoms with Crippen LogP contribution in [0, 0.1) is 5.82 Å². The molecule has 3 rings (SSSR count). The summed E-state index contributed by atoms with van der Waals surface area (Å²) in [7, 11) is 0. The average molecular weight is 274 g/mol. The van der Waals surface area contributed by atoms with Crippen molar-refractivity contribution in [2.45, 2.75) is 26.4 Å². The van der Waals surface area contributed by atoms with Crippen molar-refractivity contribution in [3.8, 4) is 5.88 Å². The zero-order valence-corrected chi connectivity index (χ0v) is 11.3. The summed E-state index contributed by atoms with van der Waals surface area (Å²) in [4.78, 5) is 3.30. The molecule has 2 aromatic heterocycles. The van der Waals surface area contributed by atoms with Crippen molar-refractivity contribution in [2.24, 2.45) is 0 Å². The van der Waals surface area contributed by atoms with Gasteiger partial charge in [0.25, 0.3) is 5.88 Å². The summed E-state index contributed by atoms with van der Waals surface area (Å²) < 4.78 is 24.0. The number of benzene rings is 1. The minimum Gasteiger partial charge on any atom is -0.471 e. The van der Waals surface area contributed by atoms with E-state index in [0.29, 0.717) is 17.4 Å². The lowest BCUT2D eigenvalue weighted by atomic mass is 10.1. The Hall–Kier alpha value is -2.30. The first-order chi connectivity index (χ1) is 9.63. The van der Waals surface area contributed by atoms with Gasteiger partial charge in [-0.05, 0) is 29.3 Å². The lowest BCUT2D eigenvalue weighted by Gasteiger charge is -2.04. The summed E-state index contributed by atoms with van der Waals surface area (Å²) in [6.45, 7) is 4.30. The quantitative estimate of drug-likeness (QED) is 0.782. The van der Waals surface area contributed by atoms with E-state index in [-0.39, 0.29) is 12.4 Å². The summed E-state index contributed by atoms with van der Waals surface area (Å²) in [6.07, 6.45) is 1.41. The van der Waals surface area contributed by atoms with E-state index in [4.69, 9.17) is 4.74 Å². The van der Waals surface area contributed by atoms with E-state index in [9.17, 15) is 4.39 Å². The second-order valence-corrected chi connectivity index (χ2v) is 5.04. The third kappa shape index (κ3) is 2.39. The van der Waals surface area contributed by atoms with Crippen LogP contribution in [0.2, 0.25) is 0 Å². The van der Waals surface area contributed by atoms with Gasteiger partial charge in [0.05, 0.1) is 0 Å². The number of hydrogen-bond donors (Lipinski definition) is 1. The number of aromatic nitrogens is 2. The molecule has 3 aromatic rings. The van der Waals surface area contributed by atoms with E-state index in [1.165, 1.54) is 12.3 Å². The zero-order valence-electron chi connectivity index (χ0n) is 11.3. The molecule has 0 unspecified atom stereocenters. The number of halogens is 1. The van der Waals surface area contributed by atoms with E-state index in [1.54, 1.807) is 12.1 Å². The third-order valence-corrected chi connectivity index (χ3v) is 3.22. The SMILES string of the molecule is CC(C)c1cc2cc(F)c(COc3ccon3)cc2[nH]1. The van der Waals surface area contributed by atoms with Crippen molar-refractivity contribution < 1.29 is 13.7 Å². The molecule has 0 radical (unpaired) electrons. The molecular weight excluding hydrogens is 259 g/mol. The Kier molecular flexibility index (Phi) is 3.18. The minimum atomic E-state index is -0.282. The van der Waals surface area contributed by atoms with Crippen molar-refractivity contribution in [3.05, 3.63) is 47.6 Å². The molecule has 4 nitrogen and oxygen atoms in total. The van der Waals surface area contributed by atoms with E-state index in [1.807, 2.05) is 6.07 Å². The standard InChI is InChI=1S/C15H15FN2O2/c1-9(2)13-6-10-5-12(16)11(7-14(10)17-13)8-19-15-3-4-20-18-15/h3-7,9,17H,8H2,1-2H3. The number of fused-ring (bicyclic) bond motifs is 1. The van der Waals surface area contributed by atoms with Gasteiger partial charge in [0.2, 0.25) is 0 Å². The Morgan fingerprint density at radius 1 is 1.35 bits per heavy atom. The molecule has 0 saturated carbocycles. The van der Waals surface area contributed by atoms with Crippen molar-refractivity contribution >= 4 is 10.9 Å². The fraction of sp³-hybridized carbons (Fsp3) is 0.267. The second kappa shape index (κ2) is 5.00. The number of ether oxygens (including phenoxy) is 1. The fourth-order valence-corrected chi connectivity index (χ4v) is 2.07. The molecule has 0 aliphatic heterocycles. The largest absolute Gasteiger partial charge is 0.471 e. The highest BCUT2D eigenvalue weighted by Crippen LogP contribution is 2.24. The van der Waals surface area contributed by atoms with Gasteiger partial charge in [-0.3, -0.25) is 0 Å². The van der Waals surface area contributed by atoms with Crippen molar-refractivity contribution in [1.82, 2.24) is 10.1 Å². The number of nitrogens with one attached hydrogen (secondary N) is 1. The van der Waals surface area contributed by atoms with Crippen LogP contribution in [0.25, 0.3) is 10.9 Å². The van der Waals surface area contributed by atoms with Crippen LogP contribution in [0.4, 0.5) is 4.39 Å². The summed E-state index contributed by atoms with van der Waals surface area (Å²) in [5, 5.41) is 4.49. The van der Waals surface area contributed by atoms with Gasteiger partial charge in [-0.2, -0.15) is 0 Å². The predicted octanol–water partition coefficient (Wildman–Crippen LogP) is 4.00. The Bertz CT molecular complexity index is 717. The molecule has 0 aliphatic rings. The van der Waals surface area contributed by atoms with Crippen molar-refractivity contribution in [1.29, 1.82) is 0 Å². The highest BCUT2D eigenvalue weighted by Gasteiger charge is 2.10. The maximum Gasteiger partial charge on any atom is 0.254 e. The number of rotatable bonds is 4. The number of nitrogens with zero attached hydrogens (tertiary/aromatic N) is 1. The first kappa shape index (κ1) is 12.7. The molecule has 5 heteroatoms. The van der Waals surface area contributed by atoms with Crippen LogP contribution in [0.15, 0.2) is 35.1 Å². The van der Waals surface area contributed by atoms with Crippen LogP contribution >= 0.6 is 0 Å². The summed E-state index contributed by atoms with van der Waals surface area (Å²) in [5.74, 6) is 0.439. The van der Waals surface area contributed by atoms with Crippen LogP contribution in [-0.2, 0) is 6.61 Å². The third-order valence-electron chi connectivity index (χ3n) is 3.22.